The summed E-state index contributed by atoms with van der Waals surface area (Å²) in [6, 6.07) is 10.5. The molecule has 0 bridgehead atoms. The summed E-state index contributed by atoms with van der Waals surface area (Å²) in [5, 5.41) is 10.3. The molecule has 2 nitrogen and oxygen atoms in total. The van der Waals surface area contributed by atoms with Crippen molar-refractivity contribution < 1.29 is 9.84 Å². The average Bonchev–Trinajstić information content (AvgIpc) is 2.40. The molecule has 2 heteroatoms. The number of benzene rings is 1. The van der Waals surface area contributed by atoms with Gasteiger partial charge in [-0.05, 0) is 23.8 Å². The Morgan fingerprint density at radius 3 is 2.45 bits per heavy atom. The summed E-state index contributed by atoms with van der Waals surface area (Å²) in [7, 11) is 0. The van der Waals surface area contributed by atoms with Gasteiger partial charge in [-0.1, -0.05) is 58.0 Å². The molecule has 1 aromatic rings. The molecule has 1 saturated heterocycles. The molecule has 4 unspecified atom stereocenters. The minimum Gasteiger partial charge on any atom is -0.393 e. The summed E-state index contributed by atoms with van der Waals surface area (Å²) in [6.07, 6.45) is 2.81. The van der Waals surface area contributed by atoms with Gasteiger partial charge >= 0.3 is 0 Å². The molecule has 0 spiro atoms. The normalized spacial score (nSPS) is 31.2. The number of hydrogen-bond donors (Lipinski definition) is 1. The van der Waals surface area contributed by atoms with Crippen LogP contribution in [-0.4, -0.2) is 23.4 Å². The third-order valence-electron chi connectivity index (χ3n) is 4.51. The minimum absolute atomic E-state index is 0.0894. The van der Waals surface area contributed by atoms with Gasteiger partial charge in [0.05, 0.1) is 18.3 Å². The zero-order valence-electron chi connectivity index (χ0n) is 13.2. The van der Waals surface area contributed by atoms with Gasteiger partial charge in [0.1, 0.15) is 0 Å². The third kappa shape index (κ3) is 3.83. The van der Waals surface area contributed by atoms with Crippen LogP contribution in [0.3, 0.4) is 0 Å². The van der Waals surface area contributed by atoms with Crippen LogP contribution in [0.2, 0.25) is 0 Å². The zero-order valence-corrected chi connectivity index (χ0v) is 13.2. The van der Waals surface area contributed by atoms with Gasteiger partial charge in [0.2, 0.25) is 0 Å². The van der Waals surface area contributed by atoms with E-state index in [4.69, 9.17) is 4.74 Å². The molecule has 2 rings (SSSR count). The fourth-order valence-electron chi connectivity index (χ4n) is 2.91. The fraction of sp³-hybridized carbons (Fsp3) is 0.667. The van der Waals surface area contributed by atoms with Crippen molar-refractivity contribution in [1.82, 2.24) is 0 Å². The predicted octanol–water partition coefficient (Wildman–Crippen LogP) is 3.82. The Hall–Kier alpha value is -0.860. The Bertz CT molecular complexity index is 407. The van der Waals surface area contributed by atoms with E-state index in [1.165, 1.54) is 5.56 Å². The van der Waals surface area contributed by atoms with Crippen molar-refractivity contribution in [2.45, 2.75) is 65.3 Å². The van der Waals surface area contributed by atoms with Gasteiger partial charge in [-0.2, -0.15) is 0 Å². The standard InChI is InChI=1S/C18H28O2/c1-13-15(19)12-17(18(2,3)4)20-16(13)11-10-14-8-6-5-7-9-14/h5-9,13,15-17,19H,10-12H2,1-4H3. The van der Waals surface area contributed by atoms with Crippen molar-refractivity contribution in [1.29, 1.82) is 0 Å². The molecule has 0 amide bonds. The van der Waals surface area contributed by atoms with Gasteiger partial charge in [0, 0.05) is 12.3 Å². The number of ether oxygens (including phenoxy) is 1. The van der Waals surface area contributed by atoms with Crippen LogP contribution in [-0.2, 0) is 11.2 Å². The van der Waals surface area contributed by atoms with Crippen molar-refractivity contribution in [3.05, 3.63) is 35.9 Å². The quantitative estimate of drug-likeness (QED) is 0.909. The van der Waals surface area contributed by atoms with Crippen LogP contribution < -0.4 is 0 Å². The summed E-state index contributed by atoms with van der Waals surface area (Å²) >= 11 is 0. The van der Waals surface area contributed by atoms with Gasteiger partial charge in [-0.25, -0.2) is 0 Å². The highest BCUT2D eigenvalue weighted by atomic mass is 16.5. The van der Waals surface area contributed by atoms with Crippen molar-refractivity contribution >= 4 is 0 Å². The monoisotopic (exact) mass is 276 g/mol. The molecule has 1 heterocycles. The lowest BCUT2D eigenvalue weighted by atomic mass is 9.79. The van der Waals surface area contributed by atoms with Crippen LogP contribution in [0.4, 0.5) is 0 Å². The Morgan fingerprint density at radius 2 is 1.85 bits per heavy atom. The highest BCUT2D eigenvalue weighted by Gasteiger charge is 2.39. The molecule has 0 radical (unpaired) electrons. The summed E-state index contributed by atoms with van der Waals surface area (Å²) in [6.45, 7) is 8.68. The first-order chi connectivity index (χ1) is 9.38. The maximum absolute atomic E-state index is 10.3. The molecular weight excluding hydrogens is 248 g/mol. The molecule has 1 fully saturated rings. The topological polar surface area (TPSA) is 29.5 Å². The first-order valence-electron chi connectivity index (χ1n) is 7.75. The highest BCUT2D eigenvalue weighted by molar-refractivity contribution is 5.14. The van der Waals surface area contributed by atoms with Crippen molar-refractivity contribution in [3.8, 4) is 0 Å². The van der Waals surface area contributed by atoms with E-state index in [-0.39, 0.29) is 29.6 Å². The first-order valence-corrected chi connectivity index (χ1v) is 7.75. The van der Waals surface area contributed by atoms with E-state index >= 15 is 0 Å². The minimum atomic E-state index is -0.242. The molecule has 1 aliphatic rings. The lowest BCUT2D eigenvalue weighted by Crippen LogP contribution is -2.47. The fourth-order valence-corrected chi connectivity index (χ4v) is 2.91. The smallest absolute Gasteiger partial charge is 0.0652 e. The predicted molar refractivity (Wildman–Crippen MR) is 82.7 cm³/mol. The largest absolute Gasteiger partial charge is 0.393 e. The van der Waals surface area contributed by atoms with E-state index in [0.29, 0.717) is 0 Å². The van der Waals surface area contributed by atoms with Gasteiger partial charge < -0.3 is 9.84 Å². The summed E-state index contributed by atoms with van der Waals surface area (Å²) < 4.78 is 6.30. The molecule has 1 aliphatic heterocycles. The van der Waals surface area contributed by atoms with E-state index in [1.54, 1.807) is 0 Å². The molecule has 1 N–H and O–H groups in total. The number of aliphatic hydroxyl groups excluding tert-OH is 1. The molecule has 0 aromatic heterocycles. The second kappa shape index (κ2) is 6.28. The molecule has 0 saturated carbocycles. The Morgan fingerprint density at radius 1 is 1.20 bits per heavy atom. The van der Waals surface area contributed by atoms with E-state index < -0.39 is 0 Å². The van der Waals surface area contributed by atoms with Gasteiger partial charge in [-0.3, -0.25) is 0 Å². The lowest BCUT2D eigenvalue weighted by Gasteiger charge is -2.43. The van der Waals surface area contributed by atoms with Crippen LogP contribution in [0, 0.1) is 11.3 Å². The van der Waals surface area contributed by atoms with E-state index in [2.05, 4.69) is 52.0 Å². The zero-order chi connectivity index (χ0) is 14.8. The Kier molecular flexibility index (Phi) is 4.87. The number of rotatable bonds is 3. The van der Waals surface area contributed by atoms with Crippen LogP contribution in [0.5, 0.6) is 0 Å². The third-order valence-corrected chi connectivity index (χ3v) is 4.51. The summed E-state index contributed by atoms with van der Waals surface area (Å²) in [5.41, 5.74) is 1.43. The van der Waals surface area contributed by atoms with Crippen LogP contribution >= 0.6 is 0 Å². The van der Waals surface area contributed by atoms with Crippen molar-refractivity contribution in [3.63, 3.8) is 0 Å². The second-order valence-corrected chi connectivity index (χ2v) is 7.22. The number of hydrogen-bond acceptors (Lipinski definition) is 2. The molecular formula is C18H28O2. The van der Waals surface area contributed by atoms with Crippen LogP contribution in [0.25, 0.3) is 0 Å². The Labute approximate surface area is 123 Å². The lowest BCUT2D eigenvalue weighted by molar-refractivity contribution is -0.164. The van der Waals surface area contributed by atoms with Crippen LogP contribution in [0.15, 0.2) is 30.3 Å². The van der Waals surface area contributed by atoms with Gasteiger partial charge in [0.15, 0.2) is 0 Å². The number of aliphatic hydroxyl groups is 1. The van der Waals surface area contributed by atoms with Crippen molar-refractivity contribution in [2.75, 3.05) is 0 Å². The SMILES string of the molecule is CC1C(O)CC(C(C)(C)C)OC1CCc1ccccc1. The second-order valence-electron chi connectivity index (χ2n) is 7.22. The van der Waals surface area contributed by atoms with E-state index in [1.807, 2.05) is 6.07 Å². The molecule has 112 valence electrons. The first kappa shape index (κ1) is 15.5. The maximum atomic E-state index is 10.3. The highest BCUT2D eigenvalue weighted by Crippen LogP contribution is 2.36. The summed E-state index contributed by atoms with van der Waals surface area (Å²) in [4.78, 5) is 0. The maximum Gasteiger partial charge on any atom is 0.0652 e. The molecule has 20 heavy (non-hydrogen) atoms. The molecule has 4 atom stereocenters. The van der Waals surface area contributed by atoms with E-state index in [9.17, 15) is 5.11 Å². The van der Waals surface area contributed by atoms with Crippen molar-refractivity contribution in [2.24, 2.45) is 11.3 Å². The van der Waals surface area contributed by atoms with E-state index in [0.717, 1.165) is 19.3 Å². The van der Waals surface area contributed by atoms with Gasteiger partial charge in [-0.15, -0.1) is 0 Å². The van der Waals surface area contributed by atoms with Gasteiger partial charge in [0.25, 0.3) is 0 Å². The average molecular weight is 276 g/mol. The molecule has 1 aromatic carbocycles. The molecule has 0 aliphatic carbocycles. The Balaban J connectivity index is 1.98. The number of aryl methyl sites for hydroxylation is 1. The van der Waals surface area contributed by atoms with Crippen LogP contribution in [0.1, 0.15) is 46.1 Å². The summed E-state index contributed by atoms with van der Waals surface area (Å²) in [5.74, 6) is 0.220.